The quantitative estimate of drug-likeness (QED) is 0.356. The first kappa shape index (κ1) is 21.8. The van der Waals surface area contributed by atoms with Crippen molar-refractivity contribution < 1.29 is 27.7 Å². The second-order valence-electron chi connectivity index (χ2n) is 5.23. The summed E-state index contributed by atoms with van der Waals surface area (Å²) in [4.78, 5) is 33.8. The Morgan fingerprint density at radius 1 is 1.25 bits per heavy atom. The molecule has 2 aromatic rings. The molecule has 0 bridgehead atoms. The molecule has 1 amide bonds. The van der Waals surface area contributed by atoms with Crippen LogP contribution in [0.2, 0.25) is 5.02 Å². The fourth-order valence-corrected chi connectivity index (χ4v) is 3.15. The molecule has 0 spiro atoms. The molecule has 0 saturated carbocycles. The van der Waals surface area contributed by atoms with E-state index in [1.54, 1.807) is 0 Å². The van der Waals surface area contributed by atoms with Gasteiger partial charge in [-0.15, -0.1) is 0 Å². The molecule has 10 nitrogen and oxygen atoms in total. The van der Waals surface area contributed by atoms with E-state index in [4.69, 9.17) is 21.5 Å². The normalized spacial score (nSPS) is 11.0. The van der Waals surface area contributed by atoms with Gasteiger partial charge in [-0.05, 0) is 40.2 Å². The summed E-state index contributed by atoms with van der Waals surface area (Å²) in [7, 11) is -4.06. The van der Waals surface area contributed by atoms with E-state index in [0.717, 1.165) is 18.2 Å². The molecule has 0 saturated heterocycles. The molecule has 0 heterocycles. The number of nitro groups is 1. The first-order chi connectivity index (χ1) is 13.0. The molecule has 0 aliphatic carbocycles. The number of non-ortho nitro benzene ring substituents is 1. The van der Waals surface area contributed by atoms with Crippen LogP contribution < -0.4 is 10.5 Å². The fraction of sp³-hybridized carbons (Fsp3) is 0.0667. The molecule has 0 radical (unpaired) electrons. The smallest absolute Gasteiger partial charge is 0.340 e. The van der Waals surface area contributed by atoms with Crippen LogP contribution in [-0.4, -0.2) is 31.8 Å². The Hall–Kier alpha value is -2.54. The first-order valence-electron chi connectivity index (χ1n) is 7.22. The third-order valence-electron chi connectivity index (χ3n) is 3.26. The van der Waals surface area contributed by atoms with E-state index in [-0.39, 0.29) is 31.3 Å². The molecule has 3 N–H and O–H groups in total. The number of nitrogens with two attached hydrogens (primary N) is 1. The van der Waals surface area contributed by atoms with Crippen LogP contribution in [0.3, 0.4) is 0 Å². The van der Waals surface area contributed by atoms with E-state index < -0.39 is 33.4 Å². The molecule has 0 aromatic heterocycles. The van der Waals surface area contributed by atoms with Crippen LogP contribution in [0.25, 0.3) is 0 Å². The summed E-state index contributed by atoms with van der Waals surface area (Å²) < 4.78 is 27.8. The van der Waals surface area contributed by atoms with Crippen LogP contribution in [0.15, 0.2) is 45.8 Å². The number of sulfonamides is 1. The van der Waals surface area contributed by atoms with E-state index in [1.165, 1.54) is 18.2 Å². The minimum absolute atomic E-state index is 0.0871. The van der Waals surface area contributed by atoms with Gasteiger partial charge in [-0.25, -0.2) is 18.4 Å². The van der Waals surface area contributed by atoms with Crippen molar-refractivity contribution in [3.8, 4) is 0 Å². The van der Waals surface area contributed by atoms with Crippen LogP contribution in [-0.2, 0) is 19.6 Å². The summed E-state index contributed by atoms with van der Waals surface area (Å²) in [5, 5.41) is 18.0. The van der Waals surface area contributed by atoms with Crippen molar-refractivity contribution in [2.45, 2.75) is 4.90 Å². The SMILES string of the molecule is NS(=O)(=O)c1ccc(Cl)c(C(=O)OCC(=O)Nc2ccc([N+](=O)[O-])cc2Br)c1. The number of benzene rings is 2. The third-order valence-corrected chi connectivity index (χ3v) is 5.15. The number of nitrogens with one attached hydrogen (secondary N) is 1. The lowest BCUT2D eigenvalue weighted by Gasteiger charge is -2.09. The lowest BCUT2D eigenvalue weighted by Crippen LogP contribution is -2.21. The van der Waals surface area contributed by atoms with Crippen molar-refractivity contribution in [1.82, 2.24) is 0 Å². The standard InChI is InChI=1S/C15H11BrClN3O7S/c16-11-5-8(20(23)24)1-4-13(11)19-14(21)7-27-15(22)10-6-9(28(18,25)26)2-3-12(10)17/h1-6H,7H2,(H,19,21)(H2,18,25,26). The average Bonchev–Trinajstić information content (AvgIpc) is 2.60. The van der Waals surface area contributed by atoms with Gasteiger partial charge in [0.15, 0.2) is 6.61 Å². The second-order valence-corrected chi connectivity index (χ2v) is 8.06. The minimum atomic E-state index is -4.06. The molecule has 28 heavy (non-hydrogen) atoms. The molecule has 0 aliphatic rings. The number of carbonyl (C=O) groups is 2. The molecule has 0 atom stereocenters. The lowest BCUT2D eigenvalue weighted by atomic mass is 10.2. The van der Waals surface area contributed by atoms with Crippen molar-refractivity contribution in [2.75, 3.05) is 11.9 Å². The molecular formula is C15H11BrClN3O7S. The highest BCUT2D eigenvalue weighted by Crippen LogP contribution is 2.27. The van der Waals surface area contributed by atoms with Crippen molar-refractivity contribution in [3.63, 3.8) is 0 Å². The van der Waals surface area contributed by atoms with E-state index in [2.05, 4.69) is 21.2 Å². The van der Waals surface area contributed by atoms with E-state index >= 15 is 0 Å². The van der Waals surface area contributed by atoms with Gasteiger partial charge in [0.25, 0.3) is 11.6 Å². The highest BCUT2D eigenvalue weighted by atomic mass is 79.9. The average molecular weight is 493 g/mol. The van der Waals surface area contributed by atoms with Crippen LogP contribution in [0.1, 0.15) is 10.4 Å². The van der Waals surface area contributed by atoms with Gasteiger partial charge < -0.3 is 10.1 Å². The maximum Gasteiger partial charge on any atom is 0.340 e. The van der Waals surface area contributed by atoms with Gasteiger partial charge in [-0.1, -0.05) is 11.6 Å². The number of anilines is 1. The maximum atomic E-state index is 12.1. The highest BCUT2D eigenvalue weighted by Gasteiger charge is 2.18. The number of rotatable bonds is 6. The Morgan fingerprint density at radius 2 is 1.93 bits per heavy atom. The van der Waals surface area contributed by atoms with Gasteiger partial charge in [0.2, 0.25) is 10.0 Å². The second kappa shape index (κ2) is 8.65. The van der Waals surface area contributed by atoms with E-state index in [1.807, 2.05) is 0 Å². The Morgan fingerprint density at radius 3 is 2.50 bits per heavy atom. The number of ether oxygens (including phenoxy) is 1. The summed E-state index contributed by atoms with van der Waals surface area (Å²) in [6, 6.07) is 6.89. The van der Waals surface area contributed by atoms with Gasteiger partial charge in [0, 0.05) is 16.6 Å². The Bertz CT molecular complexity index is 1080. The number of esters is 1. The van der Waals surface area contributed by atoms with Gasteiger partial charge in [-0.2, -0.15) is 0 Å². The number of hydrogen-bond acceptors (Lipinski definition) is 7. The van der Waals surface area contributed by atoms with Crippen molar-refractivity contribution in [3.05, 3.63) is 61.6 Å². The van der Waals surface area contributed by atoms with Crippen molar-refractivity contribution >= 4 is 60.8 Å². The predicted octanol–water partition coefficient (Wildman–Crippen LogP) is 2.45. The molecule has 2 rings (SSSR count). The summed E-state index contributed by atoms with van der Waals surface area (Å²) in [6.45, 7) is -0.710. The van der Waals surface area contributed by atoms with E-state index in [0.29, 0.717) is 0 Å². The number of amides is 1. The zero-order valence-electron chi connectivity index (χ0n) is 13.7. The van der Waals surface area contributed by atoms with Crippen LogP contribution in [0.4, 0.5) is 11.4 Å². The molecule has 148 valence electrons. The topological polar surface area (TPSA) is 159 Å². The number of nitrogens with zero attached hydrogens (tertiary/aromatic N) is 1. The van der Waals surface area contributed by atoms with Crippen LogP contribution in [0, 0.1) is 10.1 Å². The fourth-order valence-electron chi connectivity index (χ4n) is 1.95. The van der Waals surface area contributed by atoms with Crippen molar-refractivity contribution in [1.29, 1.82) is 0 Å². The van der Waals surface area contributed by atoms with Crippen LogP contribution in [0.5, 0.6) is 0 Å². The molecule has 0 fully saturated rings. The number of halogens is 2. The third kappa shape index (κ3) is 5.48. The Labute approximate surface area is 171 Å². The van der Waals surface area contributed by atoms with Gasteiger partial charge in [0.05, 0.1) is 26.1 Å². The maximum absolute atomic E-state index is 12.1. The molecule has 0 aliphatic heterocycles. The predicted molar refractivity (Wildman–Crippen MR) is 103 cm³/mol. The summed E-state index contributed by atoms with van der Waals surface area (Å²) in [5.74, 6) is -1.77. The number of primary sulfonamides is 1. The Kier molecular flexibility index (Phi) is 6.72. The zero-order valence-corrected chi connectivity index (χ0v) is 16.9. The molecule has 13 heteroatoms. The first-order valence-corrected chi connectivity index (χ1v) is 9.94. The van der Waals surface area contributed by atoms with Crippen LogP contribution >= 0.6 is 27.5 Å². The number of hydrogen-bond donors (Lipinski definition) is 2. The zero-order chi connectivity index (χ0) is 21.1. The van der Waals surface area contributed by atoms with Gasteiger partial charge in [0.1, 0.15) is 0 Å². The highest BCUT2D eigenvalue weighted by molar-refractivity contribution is 9.10. The molecular weight excluding hydrogens is 482 g/mol. The van der Waals surface area contributed by atoms with Crippen molar-refractivity contribution in [2.24, 2.45) is 5.14 Å². The molecule has 2 aromatic carbocycles. The van der Waals surface area contributed by atoms with Gasteiger partial charge >= 0.3 is 5.97 Å². The number of carbonyl (C=O) groups excluding carboxylic acids is 2. The summed E-state index contributed by atoms with van der Waals surface area (Å²) in [6.07, 6.45) is 0. The summed E-state index contributed by atoms with van der Waals surface area (Å²) in [5.41, 5.74) is -0.237. The minimum Gasteiger partial charge on any atom is -0.452 e. The molecule has 0 unspecified atom stereocenters. The Balaban J connectivity index is 2.05. The van der Waals surface area contributed by atoms with Gasteiger partial charge in [-0.3, -0.25) is 14.9 Å². The lowest BCUT2D eigenvalue weighted by molar-refractivity contribution is -0.384. The number of nitro benzene ring substituents is 1. The summed E-state index contributed by atoms with van der Waals surface area (Å²) >= 11 is 8.93. The van der Waals surface area contributed by atoms with E-state index in [9.17, 15) is 28.1 Å². The monoisotopic (exact) mass is 491 g/mol. The largest absolute Gasteiger partial charge is 0.452 e.